The quantitative estimate of drug-likeness (QED) is 0.689. The molecule has 0 fully saturated rings. The van der Waals surface area contributed by atoms with Crippen molar-refractivity contribution in [3.8, 4) is 0 Å². The van der Waals surface area contributed by atoms with Gasteiger partial charge in [-0.05, 0) is 27.8 Å². The average molecular weight is 227 g/mol. The third-order valence-corrected chi connectivity index (χ3v) is 1.27. The lowest BCUT2D eigenvalue weighted by Crippen LogP contribution is -2.37. The highest BCUT2D eigenvalue weighted by Crippen LogP contribution is 2.15. The first kappa shape index (κ1) is 14.2. The summed E-state index contributed by atoms with van der Waals surface area (Å²) in [6.07, 6.45) is -4.29. The summed E-state index contributed by atoms with van der Waals surface area (Å²) in [6.45, 7) is 3.50. The van der Waals surface area contributed by atoms with Crippen LogP contribution in [0.4, 0.5) is 13.2 Å². The third-order valence-electron chi connectivity index (χ3n) is 1.27. The van der Waals surface area contributed by atoms with Crippen LogP contribution in [0, 0.1) is 0 Å². The number of hydrogen-bond acceptors (Lipinski definition) is 3. The number of esters is 1. The number of rotatable bonds is 3. The molecule has 0 saturated heterocycles. The van der Waals surface area contributed by atoms with Crippen LogP contribution < -0.4 is 0 Å². The summed E-state index contributed by atoms with van der Waals surface area (Å²) in [4.78, 5) is 12.0. The van der Waals surface area contributed by atoms with Gasteiger partial charge in [0.1, 0.15) is 5.60 Å². The second-order valence-electron chi connectivity index (χ2n) is 4.37. The van der Waals surface area contributed by atoms with E-state index in [0.29, 0.717) is 0 Å². The lowest BCUT2D eigenvalue weighted by molar-refractivity contribution is -0.162. The summed E-state index contributed by atoms with van der Waals surface area (Å²) >= 11 is 0. The predicted octanol–water partition coefficient (Wildman–Crippen LogP) is 1.82. The fourth-order valence-electron chi connectivity index (χ4n) is 0.956. The molecule has 0 N–H and O–H groups in total. The van der Waals surface area contributed by atoms with Gasteiger partial charge in [0.15, 0.2) is 0 Å². The van der Waals surface area contributed by atoms with E-state index >= 15 is 0 Å². The molecule has 0 aromatic carbocycles. The van der Waals surface area contributed by atoms with Crippen LogP contribution in [0.1, 0.15) is 20.8 Å². The van der Waals surface area contributed by atoms with Crippen molar-refractivity contribution in [1.82, 2.24) is 4.90 Å². The zero-order valence-electron chi connectivity index (χ0n) is 9.31. The van der Waals surface area contributed by atoms with E-state index in [1.165, 1.54) is 7.05 Å². The first-order valence-electron chi connectivity index (χ1n) is 4.47. The zero-order chi connectivity index (χ0) is 12.3. The molecule has 0 unspecified atom stereocenters. The molecule has 0 spiro atoms. The molecular formula is C9H16F3NO2. The predicted molar refractivity (Wildman–Crippen MR) is 49.4 cm³/mol. The summed E-state index contributed by atoms with van der Waals surface area (Å²) < 4.78 is 40.6. The van der Waals surface area contributed by atoms with Crippen molar-refractivity contribution in [2.45, 2.75) is 32.5 Å². The Morgan fingerprint density at radius 3 is 2.07 bits per heavy atom. The van der Waals surface area contributed by atoms with Gasteiger partial charge in [-0.25, -0.2) is 0 Å². The number of carbonyl (C=O) groups is 1. The van der Waals surface area contributed by atoms with E-state index in [0.717, 1.165) is 4.90 Å². The molecule has 0 aromatic rings. The molecule has 0 radical (unpaired) electrons. The summed E-state index contributed by atoms with van der Waals surface area (Å²) in [5, 5.41) is 0. The molecule has 15 heavy (non-hydrogen) atoms. The molecule has 0 amide bonds. The SMILES string of the molecule is CN(CC(=O)OC(C)(C)C)CC(F)(F)F. The molecule has 0 aliphatic rings. The van der Waals surface area contributed by atoms with E-state index in [4.69, 9.17) is 4.74 Å². The zero-order valence-corrected chi connectivity index (χ0v) is 9.31. The van der Waals surface area contributed by atoms with Gasteiger partial charge in [0.05, 0.1) is 13.1 Å². The molecule has 0 rings (SSSR count). The minimum absolute atomic E-state index is 0.364. The Morgan fingerprint density at radius 2 is 1.73 bits per heavy atom. The van der Waals surface area contributed by atoms with E-state index in [1.54, 1.807) is 20.8 Å². The van der Waals surface area contributed by atoms with Crippen molar-refractivity contribution < 1.29 is 22.7 Å². The van der Waals surface area contributed by atoms with Crippen molar-refractivity contribution in [3.63, 3.8) is 0 Å². The molecule has 90 valence electrons. The first-order valence-corrected chi connectivity index (χ1v) is 4.47. The Morgan fingerprint density at radius 1 is 1.27 bits per heavy atom. The molecule has 0 bridgehead atoms. The summed E-state index contributed by atoms with van der Waals surface area (Å²) in [5.74, 6) is -0.658. The highest BCUT2D eigenvalue weighted by Gasteiger charge is 2.30. The van der Waals surface area contributed by atoms with Gasteiger partial charge in [0, 0.05) is 0 Å². The fraction of sp³-hybridized carbons (Fsp3) is 0.889. The smallest absolute Gasteiger partial charge is 0.401 e. The normalized spacial score (nSPS) is 13.1. The van der Waals surface area contributed by atoms with E-state index in [1.807, 2.05) is 0 Å². The number of hydrogen-bond donors (Lipinski definition) is 0. The van der Waals surface area contributed by atoms with Crippen molar-refractivity contribution in [3.05, 3.63) is 0 Å². The molecule has 0 saturated carbocycles. The number of nitrogens with zero attached hydrogens (tertiary/aromatic N) is 1. The van der Waals surface area contributed by atoms with Crippen LogP contribution in [0.3, 0.4) is 0 Å². The van der Waals surface area contributed by atoms with Crippen molar-refractivity contribution >= 4 is 5.97 Å². The van der Waals surface area contributed by atoms with E-state index in [2.05, 4.69) is 0 Å². The lowest BCUT2D eigenvalue weighted by atomic mass is 10.2. The second kappa shape index (κ2) is 4.83. The minimum atomic E-state index is -4.29. The molecule has 0 aromatic heterocycles. The maximum atomic E-state index is 11.9. The molecular weight excluding hydrogens is 211 g/mol. The number of carbonyl (C=O) groups excluding carboxylic acids is 1. The molecule has 0 aliphatic carbocycles. The Bertz CT molecular complexity index is 220. The van der Waals surface area contributed by atoms with Crippen LogP contribution in [-0.4, -0.2) is 42.8 Å². The van der Waals surface area contributed by atoms with Gasteiger partial charge in [0.25, 0.3) is 0 Å². The Labute approximate surface area is 87.2 Å². The van der Waals surface area contributed by atoms with Gasteiger partial charge in [0.2, 0.25) is 0 Å². The standard InChI is InChI=1S/C9H16F3NO2/c1-8(2,3)15-7(14)5-13(4)6-9(10,11)12/h5-6H2,1-4H3. The van der Waals surface area contributed by atoms with Crippen molar-refractivity contribution in [1.29, 1.82) is 0 Å². The monoisotopic (exact) mass is 227 g/mol. The highest BCUT2D eigenvalue weighted by molar-refractivity contribution is 5.72. The van der Waals surface area contributed by atoms with Crippen LogP contribution in [0.2, 0.25) is 0 Å². The van der Waals surface area contributed by atoms with Gasteiger partial charge < -0.3 is 4.74 Å². The van der Waals surface area contributed by atoms with Gasteiger partial charge >= 0.3 is 12.1 Å². The summed E-state index contributed by atoms with van der Waals surface area (Å²) in [6, 6.07) is 0. The van der Waals surface area contributed by atoms with E-state index in [9.17, 15) is 18.0 Å². The van der Waals surface area contributed by atoms with E-state index < -0.39 is 24.3 Å². The lowest BCUT2D eigenvalue weighted by Gasteiger charge is -2.22. The largest absolute Gasteiger partial charge is 0.459 e. The molecule has 0 atom stereocenters. The number of alkyl halides is 3. The number of halogens is 3. The first-order chi connectivity index (χ1) is 6.49. The average Bonchev–Trinajstić information content (AvgIpc) is 1.73. The van der Waals surface area contributed by atoms with Crippen LogP contribution >= 0.6 is 0 Å². The van der Waals surface area contributed by atoms with Crippen LogP contribution in [0.15, 0.2) is 0 Å². The van der Waals surface area contributed by atoms with Crippen LogP contribution in [0.5, 0.6) is 0 Å². The number of ether oxygens (including phenoxy) is 1. The topological polar surface area (TPSA) is 29.5 Å². The van der Waals surface area contributed by atoms with Crippen LogP contribution in [-0.2, 0) is 9.53 Å². The second-order valence-corrected chi connectivity index (χ2v) is 4.37. The molecule has 0 aliphatic heterocycles. The summed E-state index contributed by atoms with van der Waals surface area (Å²) in [5.41, 5.74) is -0.670. The van der Waals surface area contributed by atoms with Gasteiger partial charge in [-0.15, -0.1) is 0 Å². The molecule has 0 heterocycles. The maximum Gasteiger partial charge on any atom is 0.401 e. The van der Waals surface area contributed by atoms with Gasteiger partial charge in [-0.3, -0.25) is 9.69 Å². The van der Waals surface area contributed by atoms with Crippen molar-refractivity contribution in [2.24, 2.45) is 0 Å². The third kappa shape index (κ3) is 9.52. The fourth-order valence-corrected chi connectivity index (χ4v) is 0.956. The minimum Gasteiger partial charge on any atom is -0.459 e. The van der Waals surface area contributed by atoms with Crippen LogP contribution in [0.25, 0.3) is 0 Å². The molecule has 3 nitrogen and oxygen atoms in total. The van der Waals surface area contributed by atoms with Gasteiger partial charge in [-0.2, -0.15) is 13.2 Å². The Kier molecular flexibility index (Phi) is 4.58. The van der Waals surface area contributed by atoms with E-state index in [-0.39, 0.29) is 6.54 Å². The molecule has 6 heteroatoms. The Hall–Kier alpha value is -0.780. The van der Waals surface area contributed by atoms with Gasteiger partial charge in [-0.1, -0.05) is 0 Å². The Balaban J connectivity index is 3.98. The maximum absolute atomic E-state index is 11.9. The number of likely N-dealkylation sites (N-methyl/N-ethyl adjacent to an activating group) is 1. The highest BCUT2D eigenvalue weighted by atomic mass is 19.4. The van der Waals surface area contributed by atoms with Crippen molar-refractivity contribution in [2.75, 3.05) is 20.1 Å². The summed E-state index contributed by atoms with van der Waals surface area (Å²) in [7, 11) is 1.22.